The molecule has 340 valence electrons. The van der Waals surface area contributed by atoms with Gasteiger partial charge in [-0.1, -0.05) is 191 Å². The van der Waals surface area contributed by atoms with E-state index in [1.54, 1.807) is 0 Å². The number of esters is 3. The van der Waals surface area contributed by atoms with Gasteiger partial charge in [-0.25, -0.2) is 0 Å². The van der Waals surface area contributed by atoms with E-state index < -0.39 is 6.10 Å². The third-order valence-electron chi connectivity index (χ3n) is 10.5. The number of hydrogen-bond donors (Lipinski definition) is 0. The van der Waals surface area contributed by atoms with E-state index in [0.717, 1.165) is 96.3 Å². The molecule has 0 aromatic rings. The van der Waals surface area contributed by atoms with Crippen LogP contribution in [0.25, 0.3) is 0 Å². The van der Waals surface area contributed by atoms with E-state index in [2.05, 4.69) is 81.5 Å². The Bertz CT molecular complexity index is 1090. The summed E-state index contributed by atoms with van der Waals surface area (Å²) in [7, 11) is 0. The quantitative estimate of drug-likeness (QED) is 0.0200. The molecule has 1 unspecified atom stereocenters. The number of carbonyl (C=O) groups is 3. The van der Waals surface area contributed by atoms with Crippen molar-refractivity contribution in [2.24, 2.45) is 0 Å². The van der Waals surface area contributed by atoms with Crippen LogP contribution in [0, 0.1) is 0 Å². The second kappa shape index (κ2) is 47.8. The molecule has 0 amide bonds. The predicted octanol–water partition coefficient (Wildman–Crippen LogP) is 16.1. The van der Waals surface area contributed by atoms with E-state index in [9.17, 15) is 14.4 Å². The summed E-state index contributed by atoms with van der Waals surface area (Å²) in [4.78, 5) is 37.9. The normalized spacial score (nSPS) is 12.5. The Morgan fingerprint density at radius 1 is 0.356 bits per heavy atom. The molecule has 6 nitrogen and oxygen atoms in total. The molecule has 0 rings (SSSR count). The minimum absolute atomic E-state index is 0.0896. The third kappa shape index (κ3) is 46.0. The van der Waals surface area contributed by atoms with E-state index in [1.165, 1.54) is 103 Å². The highest BCUT2D eigenvalue weighted by Gasteiger charge is 2.19. The fraction of sp³-hybridized carbons (Fsp3) is 0.755. The van der Waals surface area contributed by atoms with Gasteiger partial charge in [-0.05, 0) is 89.9 Å². The lowest BCUT2D eigenvalue weighted by Gasteiger charge is -2.18. The van der Waals surface area contributed by atoms with Crippen molar-refractivity contribution in [1.29, 1.82) is 0 Å². The monoisotopic (exact) mass is 825 g/mol. The topological polar surface area (TPSA) is 78.9 Å². The fourth-order valence-corrected chi connectivity index (χ4v) is 6.78. The van der Waals surface area contributed by atoms with Crippen molar-refractivity contribution in [2.75, 3.05) is 13.2 Å². The number of rotatable bonds is 44. The van der Waals surface area contributed by atoms with Gasteiger partial charge in [0.05, 0.1) is 0 Å². The minimum atomic E-state index is -0.790. The first-order chi connectivity index (χ1) is 29.0. The zero-order valence-electron chi connectivity index (χ0n) is 38.8. The molecular weight excluding hydrogens is 733 g/mol. The maximum absolute atomic E-state index is 12.7. The molecule has 0 heterocycles. The fourth-order valence-electron chi connectivity index (χ4n) is 6.78. The van der Waals surface area contributed by atoms with Crippen LogP contribution in [0.4, 0.5) is 0 Å². The predicted molar refractivity (Wildman–Crippen MR) is 251 cm³/mol. The maximum atomic E-state index is 12.7. The van der Waals surface area contributed by atoms with Crippen LogP contribution in [0.15, 0.2) is 60.8 Å². The number of carbonyl (C=O) groups excluding carboxylic acids is 3. The van der Waals surface area contributed by atoms with Crippen molar-refractivity contribution in [1.82, 2.24) is 0 Å². The average molecular weight is 825 g/mol. The van der Waals surface area contributed by atoms with Crippen LogP contribution >= 0.6 is 0 Å². The van der Waals surface area contributed by atoms with Crippen molar-refractivity contribution < 1.29 is 28.6 Å². The molecule has 0 radical (unpaired) electrons. The lowest BCUT2D eigenvalue weighted by Crippen LogP contribution is -2.30. The van der Waals surface area contributed by atoms with Crippen molar-refractivity contribution in [2.45, 2.75) is 245 Å². The standard InChI is InChI=1S/C53H92O6/c1-4-7-10-13-16-19-22-25-26-29-31-34-37-40-43-46-52(55)58-49-50(59-53(56)47-44-41-38-35-32-28-24-21-18-15-12-9-6-3)48-57-51(54)45-42-39-36-33-30-27-23-20-17-14-11-8-5-2/h9,12,15,18-19,21-22,24,27,30,50H,4-8,10-11,13-14,16-17,20,23,25-26,28-29,31-49H2,1-3H3/b12-9-,18-15-,22-19-,24-21-,30-27-. The Morgan fingerprint density at radius 2 is 0.678 bits per heavy atom. The molecule has 0 aliphatic heterocycles. The molecule has 0 saturated heterocycles. The Morgan fingerprint density at radius 3 is 1.10 bits per heavy atom. The highest BCUT2D eigenvalue weighted by Crippen LogP contribution is 2.14. The smallest absolute Gasteiger partial charge is 0.306 e. The summed E-state index contributed by atoms with van der Waals surface area (Å²) >= 11 is 0. The van der Waals surface area contributed by atoms with Crippen LogP contribution in [0.3, 0.4) is 0 Å². The van der Waals surface area contributed by atoms with E-state index in [-0.39, 0.29) is 31.1 Å². The molecule has 0 saturated carbocycles. The summed E-state index contributed by atoms with van der Waals surface area (Å²) in [5.41, 5.74) is 0. The molecule has 0 aromatic carbocycles. The van der Waals surface area contributed by atoms with Gasteiger partial charge in [0.2, 0.25) is 0 Å². The van der Waals surface area contributed by atoms with Gasteiger partial charge in [0, 0.05) is 19.3 Å². The molecule has 0 aliphatic carbocycles. The number of allylic oxidation sites excluding steroid dienone is 10. The van der Waals surface area contributed by atoms with Crippen LogP contribution in [0.5, 0.6) is 0 Å². The zero-order chi connectivity index (χ0) is 43.0. The Labute approximate surface area is 364 Å². The Kier molecular flexibility index (Phi) is 45.4. The van der Waals surface area contributed by atoms with Gasteiger partial charge in [0.15, 0.2) is 6.10 Å². The van der Waals surface area contributed by atoms with Gasteiger partial charge in [-0.15, -0.1) is 0 Å². The number of hydrogen-bond acceptors (Lipinski definition) is 6. The molecule has 0 aromatic heterocycles. The Hall–Kier alpha value is -2.89. The third-order valence-corrected chi connectivity index (χ3v) is 10.5. The lowest BCUT2D eigenvalue weighted by molar-refractivity contribution is -0.167. The minimum Gasteiger partial charge on any atom is -0.462 e. The molecule has 0 N–H and O–H groups in total. The summed E-state index contributed by atoms with van der Waals surface area (Å²) in [6.45, 7) is 6.45. The average Bonchev–Trinajstić information content (AvgIpc) is 3.23. The number of ether oxygens (including phenoxy) is 3. The van der Waals surface area contributed by atoms with Crippen molar-refractivity contribution in [3.8, 4) is 0 Å². The zero-order valence-corrected chi connectivity index (χ0v) is 38.8. The van der Waals surface area contributed by atoms with Gasteiger partial charge in [0.25, 0.3) is 0 Å². The molecule has 0 bridgehead atoms. The molecule has 0 aliphatic rings. The van der Waals surface area contributed by atoms with E-state index in [1.807, 2.05) is 0 Å². The summed E-state index contributed by atoms with van der Waals surface area (Å²) in [6.07, 6.45) is 57.7. The van der Waals surface area contributed by atoms with E-state index in [4.69, 9.17) is 14.2 Å². The van der Waals surface area contributed by atoms with Crippen LogP contribution in [0.1, 0.15) is 239 Å². The molecule has 1 atom stereocenters. The highest BCUT2D eigenvalue weighted by atomic mass is 16.6. The number of unbranched alkanes of at least 4 members (excludes halogenated alkanes) is 25. The van der Waals surface area contributed by atoms with E-state index >= 15 is 0 Å². The molecule has 0 spiro atoms. The maximum Gasteiger partial charge on any atom is 0.306 e. The van der Waals surface area contributed by atoms with Crippen LogP contribution < -0.4 is 0 Å². The van der Waals surface area contributed by atoms with Crippen LogP contribution in [-0.4, -0.2) is 37.2 Å². The second-order valence-corrected chi connectivity index (χ2v) is 16.4. The first-order valence-corrected chi connectivity index (χ1v) is 24.8. The summed E-state index contributed by atoms with van der Waals surface area (Å²) in [6, 6.07) is 0. The Balaban J connectivity index is 4.42. The van der Waals surface area contributed by atoms with Gasteiger partial charge < -0.3 is 14.2 Å². The SMILES string of the molecule is CC\C=C/C=C\C=C/CCCCCCCC(=O)OC(COC(=O)CCCCC/C=C\CCCCCCCC)COC(=O)CCCCCCCCC/C=C\CCCCCC. The van der Waals surface area contributed by atoms with Gasteiger partial charge in [0.1, 0.15) is 13.2 Å². The molecule has 59 heavy (non-hydrogen) atoms. The van der Waals surface area contributed by atoms with Crippen molar-refractivity contribution >= 4 is 17.9 Å². The molecule has 0 fully saturated rings. The second-order valence-electron chi connectivity index (χ2n) is 16.4. The summed E-state index contributed by atoms with van der Waals surface area (Å²) < 4.78 is 16.7. The summed E-state index contributed by atoms with van der Waals surface area (Å²) in [5, 5.41) is 0. The largest absolute Gasteiger partial charge is 0.462 e. The van der Waals surface area contributed by atoms with Crippen LogP contribution in [0.2, 0.25) is 0 Å². The van der Waals surface area contributed by atoms with Crippen molar-refractivity contribution in [3.63, 3.8) is 0 Å². The highest BCUT2D eigenvalue weighted by molar-refractivity contribution is 5.71. The van der Waals surface area contributed by atoms with Crippen LogP contribution in [-0.2, 0) is 28.6 Å². The first kappa shape index (κ1) is 56.1. The lowest BCUT2D eigenvalue weighted by atomic mass is 10.1. The van der Waals surface area contributed by atoms with Gasteiger partial charge in [-0.2, -0.15) is 0 Å². The molecular formula is C53H92O6. The van der Waals surface area contributed by atoms with Gasteiger partial charge in [-0.3, -0.25) is 14.4 Å². The summed E-state index contributed by atoms with van der Waals surface area (Å²) in [5.74, 6) is -0.930. The van der Waals surface area contributed by atoms with Gasteiger partial charge >= 0.3 is 17.9 Å². The first-order valence-electron chi connectivity index (χ1n) is 24.8. The molecule has 6 heteroatoms. The van der Waals surface area contributed by atoms with E-state index in [0.29, 0.717) is 19.3 Å². The van der Waals surface area contributed by atoms with Crippen molar-refractivity contribution in [3.05, 3.63) is 60.8 Å².